The first-order valence-corrected chi connectivity index (χ1v) is 7.51. The van der Waals surface area contributed by atoms with Crippen molar-refractivity contribution in [3.63, 3.8) is 0 Å². The summed E-state index contributed by atoms with van der Waals surface area (Å²) in [6, 6.07) is 4.14. The van der Waals surface area contributed by atoms with E-state index in [1.165, 1.54) is 28.7 Å². The minimum atomic E-state index is 0.324. The van der Waals surface area contributed by atoms with E-state index >= 15 is 0 Å². The summed E-state index contributed by atoms with van der Waals surface area (Å²) in [7, 11) is 0. The number of carbonyl (C=O) groups excluding carboxylic acids is 1. The van der Waals surface area contributed by atoms with Gasteiger partial charge in [-0.15, -0.1) is 22.7 Å². The molecule has 0 aliphatic heterocycles. The van der Waals surface area contributed by atoms with Gasteiger partial charge in [0.25, 0.3) is 0 Å². The molecule has 0 aromatic carbocycles. The van der Waals surface area contributed by atoms with Crippen LogP contribution in [0.5, 0.6) is 0 Å². The summed E-state index contributed by atoms with van der Waals surface area (Å²) < 4.78 is 2.50. The molecule has 0 amide bonds. The number of fused-ring (bicyclic) bond motifs is 1. The summed E-state index contributed by atoms with van der Waals surface area (Å²) in [4.78, 5) is 12.8. The third-order valence-electron chi connectivity index (χ3n) is 2.67. The maximum Gasteiger partial charge on any atom is 0.172 e. The molecule has 0 unspecified atom stereocenters. The number of hydrogen-bond acceptors (Lipinski definition) is 3. The molecule has 0 bridgehead atoms. The van der Waals surface area contributed by atoms with Crippen LogP contribution in [0.4, 0.5) is 0 Å². The fraction of sp³-hybridized carbons (Fsp3) is 0.462. The lowest BCUT2D eigenvalue weighted by Gasteiger charge is -1.97. The molecule has 0 radical (unpaired) electrons. The van der Waals surface area contributed by atoms with Crippen molar-refractivity contribution < 1.29 is 4.79 Å². The fourth-order valence-electron chi connectivity index (χ4n) is 1.74. The second-order valence-electron chi connectivity index (χ2n) is 3.99. The topological polar surface area (TPSA) is 17.1 Å². The smallest absolute Gasteiger partial charge is 0.172 e. The standard InChI is InChI=1S/C13H16OS2/c1-2-3-4-5-6-10(14)12-9-13-11(16-12)7-8-15-13/h7-9H,2-6H2,1H3. The van der Waals surface area contributed by atoms with Gasteiger partial charge < -0.3 is 0 Å². The largest absolute Gasteiger partial charge is 0.293 e. The first kappa shape index (κ1) is 11.8. The fourth-order valence-corrected chi connectivity index (χ4v) is 3.81. The maximum absolute atomic E-state index is 11.9. The number of ketones is 1. The molecule has 86 valence electrons. The average Bonchev–Trinajstić information content (AvgIpc) is 2.83. The van der Waals surface area contributed by atoms with Crippen LogP contribution >= 0.6 is 22.7 Å². The van der Waals surface area contributed by atoms with Crippen molar-refractivity contribution in [1.29, 1.82) is 0 Å². The quantitative estimate of drug-likeness (QED) is 0.515. The Balaban J connectivity index is 1.92. The van der Waals surface area contributed by atoms with Crippen molar-refractivity contribution in [3.05, 3.63) is 22.4 Å². The van der Waals surface area contributed by atoms with E-state index in [1.54, 1.807) is 22.7 Å². The zero-order valence-corrected chi connectivity index (χ0v) is 11.1. The Morgan fingerprint density at radius 3 is 2.88 bits per heavy atom. The molecule has 2 aromatic heterocycles. The summed E-state index contributed by atoms with van der Waals surface area (Å²) in [6.45, 7) is 2.19. The van der Waals surface area contributed by atoms with Gasteiger partial charge in [0.2, 0.25) is 0 Å². The molecule has 0 aliphatic rings. The van der Waals surface area contributed by atoms with Crippen molar-refractivity contribution in [2.45, 2.75) is 39.0 Å². The molecule has 0 aliphatic carbocycles. The molecule has 3 heteroatoms. The van der Waals surface area contributed by atoms with E-state index in [9.17, 15) is 4.79 Å². The Morgan fingerprint density at radius 2 is 2.12 bits per heavy atom. The van der Waals surface area contributed by atoms with Crippen LogP contribution in [0.3, 0.4) is 0 Å². The van der Waals surface area contributed by atoms with Gasteiger partial charge in [-0.3, -0.25) is 4.79 Å². The zero-order chi connectivity index (χ0) is 11.4. The van der Waals surface area contributed by atoms with Crippen LogP contribution in [-0.4, -0.2) is 5.78 Å². The van der Waals surface area contributed by atoms with Crippen LogP contribution in [-0.2, 0) is 0 Å². The van der Waals surface area contributed by atoms with Crippen molar-refractivity contribution in [2.75, 3.05) is 0 Å². The zero-order valence-electron chi connectivity index (χ0n) is 9.49. The number of unbranched alkanes of at least 4 members (excludes halogenated alkanes) is 3. The normalized spacial score (nSPS) is 11.1. The highest BCUT2D eigenvalue weighted by Gasteiger charge is 2.10. The lowest BCUT2D eigenvalue weighted by atomic mass is 10.1. The summed E-state index contributed by atoms with van der Waals surface area (Å²) in [5.41, 5.74) is 0. The molecule has 0 fully saturated rings. The Labute approximate surface area is 104 Å². The Hall–Kier alpha value is -0.670. The van der Waals surface area contributed by atoms with Crippen molar-refractivity contribution in [3.8, 4) is 0 Å². The molecule has 0 atom stereocenters. The molecule has 0 saturated carbocycles. The van der Waals surface area contributed by atoms with Gasteiger partial charge in [0, 0.05) is 15.8 Å². The molecule has 2 rings (SSSR count). The molecule has 2 aromatic rings. The van der Waals surface area contributed by atoms with Crippen LogP contribution in [0.15, 0.2) is 17.5 Å². The highest BCUT2D eigenvalue weighted by atomic mass is 32.1. The average molecular weight is 252 g/mol. The van der Waals surface area contributed by atoms with Crippen LogP contribution in [0.25, 0.3) is 9.40 Å². The number of thiophene rings is 2. The van der Waals surface area contributed by atoms with Gasteiger partial charge >= 0.3 is 0 Å². The van der Waals surface area contributed by atoms with Gasteiger partial charge in [0.1, 0.15) is 0 Å². The van der Waals surface area contributed by atoms with Gasteiger partial charge in [-0.2, -0.15) is 0 Å². The highest BCUT2D eigenvalue weighted by molar-refractivity contribution is 7.27. The molecular formula is C13H16OS2. The summed E-state index contributed by atoms with van der Waals surface area (Å²) in [5, 5.41) is 2.08. The molecule has 0 N–H and O–H groups in total. The summed E-state index contributed by atoms with van der Waals surface area (Å²) in [5.74, 6) is 0.324. The first-order chi connectivity index (χ1) is 7.81. The van der Waals surface area contributed by atoms with Crippen molar-refractivity contribution >= 4 is 37.9 Å². The van der Waals surface area contributed by atoms with E-state index in [0.717, 1.165) is 11.3 Å². The van der Waals surface area contributed by atoms with Crippen molar-refractivity contribution in [1.82, 2.24) is 0 Å². The lowest BCUT2D eigenvalue weighted by Crippen LogP contribution is -1.95. The Kier molecular flexibility index (Phi) is 4.13. The molecular weight excluding hydrogens is 236 g/mol. The van der Waals surface area contributed by atoms with Gasteiger partial charge in [-0.05, 0) is 23.9 Å². The molecule has 0 saturated heterocycles. The van der Waals surface area contributed by atoms with Crippen LogP contribution in [0.2, 0.25) is 0 Å². The highest BCUT2D eigenvalue weighted by Crippen LogP contribution is 2.30. The van der Waals surface area contributed by atoms with E-state index in [2.05, 4.69) is 18.4 Å². The van der Waals surface area contributed by atoms with E-state index in [0.29, 0.717) is 12.2 Å². The van der Waals surface area contributed by atoms with Gasteiger partial charge in [0.15, 0.2) is 5.78 Å². The summed E-state index contributed by atoms with van der Waals surface area (Å²) >= 11 is 3.35. The number of carbonyl (C=O) groups is 1. The number of Topliss-reactive ketones (excluding diaryl/α,β-unsaturated/α-hetero) is 1. The first-order valence-electron chi connectivity index (χ1n) is 5.81. The maximum atomic E-state index is 11.9. The Bertz CT molecular complexity index is 438. The second kappa shape index (κ2) is 5.60. The number of rotatable bonds is 6. The third-order valence-corrected chi connectivity index (χ3v) is 4.81. The number of hydrogen-bond donors (Lipinski definition) is 0. The van der Waals surface area contributed by atoms with E-state index in [1.807, 2.05) is 6.07 Å². The Morgan fingerprint density at radius 1 is 1.25 bits per heavy atom. The third kappa shape index (κ3) is 2.71. The van der Waals surface area contributed by atoms with E-state index in [4.69, 9.17) is 0 Å². The summed E-state index contributed by atoms with van der Waals surface area (Å²) in [6.07, 6.45) is 5.41. The van der Waals surface area contributed by atoms with Gasteiger partial charge in [-0.25, -0.2) is 0 Å². The minimum Gasteiger partial charge on any atom is -0.293 e. The predicted octanol–water partition coefficient (Wildman–Crippen LogP) is 5.12. The molecule has 16 heavy (non-hydrogen) atoms. The van der Waals surface area contributed by atoms with Crippen LogP contribution in [0, 0.1) is 0 Å². The molecule has 1 nitrogen and oxygen atoms in total. The van der Waals surface area contributed by atoms with E-state index < -0.39 is 0 Å². The van der Waals surface area contributed by atoms with Gasteiger partial charge in [-0.1, -0.05) is 26.2 Å². The predicted molar refractivity (Wildman–Crippen MR) is 72.8 cm³/mol. The molecule has 2 heterocycles. The SMILES string of the molecule is CCCCCCC(=O)c1cc2sccc2s1. The van der Waals surface area contributed by atoms with Crippen molar-refractivity contribution in [2.24, 2.45) is 0 Å². The lowest BCUT2D eigenvalue weighted by molar-refractivity contribution is 0.0983. The monoisotopic (exact) mass is 252 g/mol. The van der Waals surface area contributed by atoms with E-state index in [-0.39, 0.29) is 0 Å². The van der Waals surface area contributed by atoms with Crippen LogP contribution < -0.4 is 0 Å². The minimum absolute atomic E-state index is 0.324. The molecule has 0 spiro atoms. The van der Waals surface area contributed by atoms with Gasteiger partial charge in [0.05, 0.1) is 4.88 Å². The van der Waals surface area contributed by atoms with Crippen LogP contribution in [0.1, 0.15) is 48.7 Å². The second-order valence-corrected chi connectivity index (χ2v) is 6.03.